The van der Waals surface area contributed by atoms with Crippen molar-refractivity contribution in [2.75, 3.05) is 23.7 Å². The maximum Gasteiger partial charge on any atom is 0.323 e. The van der Waals surface area contributed by atoms with Crippen molar-refractivity contribution >= 4 is 27.4 Å². The number of sulfonamides is 1. The number of esters is 1. The number of nitro benzene ring substituents is 1. The normalized spacial score (nSPS) is 10.9. The van der Waals surface area contributed by atoms with Crippen LogP contribution in [0.15, 0.2) is 24.3 Å². The maximum atomic E-state index is 12.0. The maximum absolute atomic E-state index is 12.0. The second kappa shape index (κ2) is 6.33. The van der Waals surface area contributed by atoms with Gasteiger partial charge in [0.1, 0.15) is 5.69 Å². The van der Waals surface area contributed by atoms with Gasteiger partial charge in [-0.25, -0.2) is 8.42 Å². The summed E-state index contributed by atoms with van der Waals surface area (Å²) in [6.45, 7) is 1.61. The van der Waals surface area contributed by atoms with Gasteiger partial charge in [0.05, 0.1) is 11.5 Å². The zero-order valence-corrected chi connectivity index (χ0v) is 11.8. The Bertz CT molecular complexity index is 613. The van der Waals surface area contributed by atoms with E-state index in [2.05, 4.69) is 4.74 Å². The van der Waals surface area contributed by atoms with Crippen molar-refractivity contribution in [3.8, 4) is 0 Å². The van der Waals surface area contributed by atoms with Gasteiger partial charge in [-0.3, -0.25) is 19.2 Å². The summed E-state index contributed by atoms with van der Waals surface area (Å²) in [4.78, 5) is 21.4. The topological polar surface area (TPSA) is 107 Å². The summed E-state index contributed by atoms with van der Waals surface area (Å²) in [6.07, 6.45) is 0. The molecule has 0 amide bonds. The Morgan fingerprint density at radius 1 is 1.40 bits per heavy atom. The number of benzene rings is 1. The number of hydrogen-bond donors (Lipinski definition) is 0. The summed E-state index contributed by atoms with van der Waals surface area (Å²) in [7, 11) is -2.89. The fourth-order valence-electron chi connectivity index (χ4n) is 1.48. The van der Waals surface area contributed by atoms with Crippen LogP contribution in [0.2, 0.25) is 0 Å². The smallest absolute Gasteiger partial charge is 0.323 e. The highest BCUT2D eigenvalue weighted by molar-refractivity contribution is 7.93. The number of carbonyl (C=O) groups is 1. The first kappa shape index (κ1) is 15.9. The lowest BCUT2D eigenvalue weighted by molar-refractivity contribution is -0.384. The molecule has 9 heteroatoms. The average molecular weight is 302 g/mol. The highest BCUT2D eigenvalue weighted by Crippen LogP contribution is 2.28. The third-order valence-electron chi connectivity index (χ3n) is 2.44. The van der Waals surface area contributed by atoms with Crippen LogP contribution in [-0.4, -0.2) is 38.7 Å². The van der Waals surface area contributed by atoms with Gasteiger partial charge in [0, 0.05) is 13.1 Å². The Kier molecular flexibility index (Phi) is 5.03. The first-order chi connectivity index (χ1) is 9.29. The van der Waals surface area contributed by atoms with Gasteiger partial charge in [0.2, 0.25) is 10.0 Å². The minimum absolute atomic E-state index is 0.0591. The number of para-hydroxylation sites is 2. The number of ether oxygens (including phenoxy) is 1. The standard InChI is InChI=1S/C11H14N2O6S/c1-3-19-11(14)8-20(17,18)12(2)9-6-4-5-7-10(9)13(15)16/h4-7H,3,8H2,1-2H3. The first-order valence-electron chi connectivity index (χ1n) is 5.65. The van der Waals surface area contributed by atoms with Gasteiger partial charge in [-0.1, -0.05) is 12.1 Å². The molecule has 0 aromatic heterocycles. The molecule has 1 aromatic rings. The molecule has 0 fully saturated rings. The van der Waals surface area contributed by atoms with E-state index >= 15 is 0 Å². The second-order valence-corrected chi connectivity index (χ2v) is 5.77. The first-order valence-corrected chi connectivity index (χ1v) is 7.26. The van der Waals surface area contributed by atoms with E-state index in [4.69, 9.17) is 0 Å². The zero-order chi connectivity index (χ0) is 15.3. The van der Waals surface area contributed by atoms with Crippen molar-refractivity contribution in [1.82, 2.24) is 0 Å². The van der Waals surface area contributed by atoms with Crippen LogP contribution in [-0.2, 0) is 19.6 Å². The Morgan fingerprint density at radius 3 is 2.55 bits per heavy atom. The van der Waals surface area contributed by atoms with E-state index in [1.54, 1.807) is 6.92 Å². The van der Waals surface area contributed by atoms with Crippen LogP contribution in [0.1, 0.15) is 6.92 Å². The van der Waals surface area contributed by atoms with Gasteiger partial charge in [0.25, 0.3) is 5.69 Å². The summed E-state index contributed by atoms with van der Waals surface area (Å²) in [5, 5.41) is 10.9. The number of hydrogen-bond acceptors (Lipinski definition) is 6. The van der Waals surface area contributed by atoms with Crippen molar-refractivity contribution in [3.63, 3.8) is 0 Å². The molecule has 0 aliphatic carbocycles. The van der Waals surface area contributed by atoms with E-state index in [-0.39, 0.29) is 18.0 Å². The molecule has 0 heterocycles. The van der Waals surface area contributed by atoms with E-state index in [1.807, 2.05) is 0 Å². The molecule has 0 bridgehead atoms. The third-order valence-corrected chi connectivity index (χ3v) is 4.07. The summed E-state index contributed by atoms with van der Waals surface area (Å²) in [5.41, 5.74) is -0.468. The van der Waals surface area contributed by atoms with E-state index in [0.29, 0.717) is 4.31 Å². The van der Waals surface area contributed by atoms with Gasteiger partial charge >= 0.3 is 5.97 Å². The Morgan fingerprint density at radius 2 is 2.00 bits per heavy atom. The SMILES string of the molecule is CCOC(=O)CS(=O)(=O)N(C)c1ccccc1[N+](=O)[O-]. The van der Waals surface area contributed by atoms with Crippen LogP contribution in [0.3, 0.4) is 0 Å². The van der Waals surface area contributed by atoms with Crippen LogP contribution in [0.4, 0.5) is 11.4 Å². The summed E-state index contributed by atoms with van der Waals surface area (Å²) in [6, 6.07) is 5.37. The molecular weight excluding hydrogens is 288 g/mol. The molecule has 110 valence electrons. The fraction of sp³-hybridized carbons (Fsp3) is 0.364. The van der Waals surface area contributed by atoms with Gasteiger partial charge in [0.15, 0.2) is 5.75 Å². The van der Waals surface area contributed by atoms with Crippen molar-refractivity contribution in [2.24, 2.45) is 0 Å². The van der Waals surface area contributed by atoms with Crippen LogP contribution in [0.5, 0.6) is 0 Å². The van der Waals surface area contributed by atoms with Crippen LogP contribution < -0.4 is 4.31 Å². The number of anilines is 1. The number of nitrogens with zero attached hydrogens (tertiary/aromatic N) is 2. The number of rotatable bonds is 6. The van der Waals surface area contributed by atoms with E-state index < -0.39 is 26.7 Å². The van der Waals surface area contributed by atoms with Gasteiger partial charge in [-0.15, -0.1) is 0 Å². The summed E-state index contributed by atoms with van der Waals surface area (Å²) >= 11 is 0. The number of nitro groups is 1. The minimum Gasteiger partial charge on any atom is -0.465 e. The zero-order valence-electron chi connectivity index (χ0n) is 11.0. The summed E-state index contributed by atoms with van der Waals surface area (Å²) < 4.78 is 29.3. The van der Waals surface area contributed by atoms with Gasteiger partial charge in [-0.05, 0) is 13.0 Å². The molecule has 0 saturated heterocycles. The minimum atomic E-state index is -4.04. The lowest BCUT2D eigenvalue weighted by atomic mass is 10.3. The monoisotopic (exact) mass is 302 g/mol. The lowest BCUT2D eigenvalue weighted by Crippen LogP contribution is -2.33. The highest BCUT2D eigenvalue weighted by Gasteiger charge is 2.27. The van der Waals surface area contributed by atoms with Crippen LogP contribution in [0, 0.1) is 10.1 Å². The lowest BCUT2D eigenvalue weighted by Gasteiger charge is -2.18. The molecule has 20 heavy (non-hydrogen) atoms. The fourth-order valence-corrected chi connectivity index (χ4v) is 2.51. The van der Waals surface area contributed by atoms with Crippen molar-refractivity contribution in [3.05, 3.63) is 34.4 Å². The second-order valence-electron chi connectivity index (χ2n) is 3.77. The van der Waals surface area contributed by atoms with E-state index in [9.17, 15) is 23.3 Å². The Labute approximate surface area is 116 Å². The molecule has 0 spiro atoms. The van der Waals surface area contributed by atoms with E-state index in [0.717, 1.165) is 7.05 Å². The van der Waals surface area contributed by atoms with Crippen LogP contribution >= 0.6 is 0 Å². The van der Waals surface area contributed by atoms with Gasteiger partial charge in [-0.2, -0.15) is 0 Å². The predicted molar refractivity (Wildman–Crippen MR) is 71.9 cm³/mol. The quantitative estimate of drug-likeness (QED) is 0.439. The predicted octanol–water partition coefficient (Wildman–Crippen LogP) is 0.924. The Balaban J connectivity index is 3.08. The Hall–Kier alpha value is -2.16. The molecule has 0 saturated carbocycles. The molecule has 1 aromatic carbocycles. The third kappa shape index (κ3) is 3.67. The molecule has 0 atom stereocenters. The van der Waals surface area contributed by atoms with Crippen molar-refractivity contribution < 1.29 is 22.9 Å². The highest BCUT2D eigenvalue weighted by atomic mass is 32.2. The molecule has 0 aliphatic heterocycles. The molecule has 0 aliphatic rings. The average Bonchev–Trinajstić information content (AvgIpc) is 2.37. The molecule has 0 radical (unpaired) electrons. The van der Waals surface area contributed by atoms with Crippen molar-refractivity contribution in [1.29, 1.82) is 0 Å². The van der Waals surface area contributed by atoms with Gasteiger partial charge < -0.3 is 4.74 Å². The molecule has 8 nitrogen and oxygen atoms in total. The van der Waals surface area contributed by atoms with Crippen molar-refractivity contribution in [2.45, 2.75) is 6.92 Å². The number of carbonyl (C=O) groups excluding carboxylic acids is 1. The molecule has 0 N–H and O–H groups in total. The molecule has 1 rings (SSSR count). The van der Waals surface area contributed by atoms with Crippen LogP contribution in [0.25, 0.3) is 0 Å². The molecule has 0 unspecified atom stereocenters. The largest absolute Gasteiger partial charge is 0.465 e. The summed E-state index contributed by atoms with van der Waals surface area (Å²) in [5.74, 6) is -1.78. The van der Waals surface area contributed by atoms with E-state index in [1.165, 1.54) is 24.3 Å². The molecular formula is C11H14N2O6S.